The molecule has 24 heavy (non-hydrogen) atoms. The van der Waals surface area contributed by atoms with Gasteiger partial charge in [0.15, 0.2) is 0 Å². The lowest BCUT2D eigenvalue weighted by Gasteiger charge is -2.42. The number of hydrogen-bond donors (Lipinski definition) is 0. The van der Waals surface area contributed by atoms with Gasteiger partial charge in [-0.2, -0.15) is 0 Å². The third kappa shape index (κ3) is 4.97. The average Bonchev–Trinajstić information content (AvgIpc) is 2.52. The van der Waals surface area contributed by atoms with Gasteiger partial charge < -0.3 is 9.16 Å². The van der Waals surface area contributed by atoms with Crippen LogP contribution in [0.1, 0.15) is 47.1 Å². The molecule has 0 aromatic heterocycles. The molecule has 0 saturated heterocycles. The molecular formula is C20H32O3Si. The number of allylic oxidation sites excluding steroid dienone is 1. The summed E-state index contributed by atoms with van der Waals surface area (Å²) in [5.74, 6) is 0.634. The van der Waals surface area contributed by atoms with E-state index in [1.54, 1.807) is 0 Å². The average molecular weight is 349 g/mol. The Labute approximate surface area is 148 Å². The van der Waals surface area contributed by atoms with Gasteiger partial charge in [0.2, 0.25) is 0 Å². The summed E-state index contributed by atoms with van der Waals surface area (Å²) in [5.41, 5.74) is 2.81. The largest absolute Gasteiger partial charge is 0.543 e. The summed E-state index contributed by atoms with van der Waals surface area (Å²) in [4.78, 5) is 11.1. The highest BCUT2D eigenvalue weighted by atomic mass is 28.4. The van der Waals surface area contributed by atoms with Gasteiger partial charge in [0.25, 0.3) is 8.32 Å². The first kappa shape index (κ1) is 20.5. The zero-order chi connectivity index (χ0) is 18.3. The predicted molar refractivity (Wildman–Crippen MR) is 103 cm³/mol. The van der Waals surface area contributed by atoms with Gasteiger partial charge in [-0.25, -0.2) is 4.79 Å². The van der Waals surface area contributed by atoms with Crippen molar-refractivity contribution < 1.29 is 14.0 Å². The van der Waals surface area contributed by atoms with Crippen molar-refractivity contribution in [3.63, 3.8) is 0 Å². The maximum absolute atomic E-state index is 11.1. The fourth-order valence-electron chi connectivity index (χ4n) is 3.61. The first-order chi connectivity index (χ1) is 11.2. The third-order valence-corrected chi connectivity index (χ3v) is 10.7. The summed E-state index contributed by atoms with van der Waals surface area (Å²) >= 11 is 0. The number of carbonyl (C=O) groups excluding carboxylic acids is 1. The van der Waals surface area contributed by atoms with Crippen molar-refractivity contribution in [3.05, 3.63) is 42.0 Å². The fourth-order valence-corrected chi connectivity index (χ4v) is 8.86. The Morgan fingerprint density at radius 1 is 1.00 bits per heavy atom. The van der Waals surface area contributed by atoms with Crippen molar-refractivity contribution in [1.29, 1.82) is 0 Å². The first-order valence-electron chi connectivity index (χ1n) is 8.76. The Balaban J connectivity index is 2.88. The lowest BCUT2D eigenvalue weighted by molar-refractivity contribution is -0.134. The summed E-state index contributed by atoms with van der Waals surface area (Å²) < 4.78 is 11.2. The molecule has 0 N–H and O–H groups in total. The molecule has 0 fully saturated rings. The highest BCUT2D eigenvalue weighted by Gasteiger charge is 2.46. The van der Waals surface area contributed by atoms with Crippen LogP contribution in [-0.4, -0.2) is 21.4 Å². The van der Waals surface area contributed by atoms with Crippen LogP contribution in [0.25, 0.3) is 0 Å². The van der Waals surface area contributed by atoms with Crippen LogP contribution in [0.4, 0.5) is 0 Å². The van der Waals surface area contributed by atoms with Crippen molar-refractivity contribution in [2.24, 2.45) is 0 Å². The molecule has 1 rings (SSSR count). The molecule has 3 nitrogen and oxygen atoms in total. The number of esters is 1. The minimum absolute atomic E-state index is 0.323. The van der Waals surface area contributed by atoms with E-state index in [-0.39, 0.29) is 5.97 Å². The van der Waals surface area contributed by atoms with E-state index >= 15 is 0 Å². The van der Waals surface area contributed by atoms with Crippen LogP contribution in [0.15, 0.2) is 36.4 Å². The highest BCUT2D eigenvalue weighted by Crippen LogP contribution is 2.42. The first-order valence-corrected chi connectivity index (χ1v) is 10.9. The molecular weight excluding hydrogens is 316 g/mol. The predicted octanol–water partition coefficient (Wildman–Crippen LogP) is 5.51. The third-order valence-electron chi connectivity index (χ3n) is 4.73. The van der Waals surface area contributed by atoms with Crippen LogP contribution in [0.3, 0.4) is 0 Å². The lowest BCUT2D eigenvalue weighted by atomic mass is 10.1. The Morgan fingerprint density at radius 2 is 1.50 bits per heavy atom. The van der Waals surface area contributed by atoms with Crippen molar-refractivity contribution in [2.75, 3.05) is 7.11 Å². The lowest BCUT2D eigenvalue weighted by Crippen LogP contribution is -2.50. The zero-order valence-electron chi connectivity index (χ0n) is 16.1. The molecule has 0 atom stereocenters. The molecule has 0 radical (unpaired) electrons. The highest BCUT2D eigenvalue weighted by molar-refractivity contribution is 6.78. The molecule has 0 aliphatic rings. The van der Waals surface area contributed by atoms with Gasteiger partial charge in [-0.1, -0.05) is 59.8 Å². The van der Waals surface area contributed by atoms with Crippen molar-refractivity contribution in [2.45, 2.75) is 64.6 Å². The van der Waals surface area contributed by atoms with Crippen LogP contribution in [0, 0.1) is 0 Å². The van der Waals surface area contributed by atoms with Gasteiger partial charge >= 0.3 is 5.97 Å². The second-order valence-corrected chi connectivity index (χ2v) is 12.6. The van der Waals surface area contributed by atoms with E-state index in [4.69, 9.17) is 4.43 Å². The molecule has 1 aromatic carbocycles. The van der Waals surface area contributed by atoms with Gasteiger partial charge in [-0.05, 0) is 40.7 Å². The molecule has 0 aliphatic carbocycles. The normalized spacial score (nSPS) is 12.4. The van der Waals surface area contributed by atoms with Gasteiger partial charge in [0, 0.05) is 6.08 Å². The Bertz CT molecular complexity index is 523. The molecule has 0 amide bonds. The van der Waals surface area contributed by atoms with Crippen LogP contribution in [0.2, 0.25) is 16.6 Å². The maximum atomic E-state index is 11.1. The summed E-state index contributed by atoms with van der Waals surface area (Å²) in [6, 6.07) is 8.24. The Hall–Kier alpha value is -1.55. The number of ether oxygens (including phenoxy) is 1. The van der Waals surface area contributed by atoms with E-state index in [1.807, 2.05) is 6.08 Å². The second kappa shape index (κ2) is 9.07. The minimum atomic E-state index is -1.91. The monoisotopic (exact) mass is 348 g/mol. The van der Waals surface area contributed by atoms with E-state index in [0.29, 0.717) is 23.0 Å². The second-order valence-electron chi connectivity index (χ2n) is 7.19. The summed E-state index contributed by atoms with van der Waals surface area (Å²) in [7, 11) is -0.524. The fraction of sp³-hybridized carbons (Fsp3) is 0.550. The summed E-state index contributed by atoms with van der Waals surface area (Å²) in [6.45, 7) is 13.7. The Morgan fingerprint density at radius 3 is 1.92 bits per heavy atom. The van der Waals surface area contributed by atoms with Crippen LogP contribution >= 0.6 is 0 Å². The molecule has 0 unspecified atom stereocenters. The van der Waals surface area contributed by atoms with Crippen molar-refractivity contribution >= 4 is 14.3 Å². The number of methoxy groups -OCH3 is 1. The van der Waals surface area contributed by atoms with Gasteiger partial charge in [0.05, 0.1) is 7.11 Å². The van der Waals surface area contributed by atoms with E-state index in [0.717, 1.165) is 11.3 Å². The van der Waals surface area contributed by atoms with Crippen molar-refractivity contribution in [3.8, 4) is 5.75 Å². The SMILES string of the molecule is COC(=O)C=CCc1ccc(O[Si](C(C)C)(C(C)C)C(C)C)cc1. The number of rotatable bonds is 8. The topological polar surface area (TPSA) is 35.5 Å². The van der Waals surface area contributed by atoms with Crippen molar-refractivity contribution in [1.82, 2.24) is 0 Å². The minimum Gasteiger partial charge on any atom is -0.543 e. The van der Waals surface area contributed by atoms with Crippen LogP contribution in [0.5, 0.6) is 5.75 Å². The van der Waals surface area contributed by atoms with E-state index in [2.05, 4.69) is 70.5 Å². The van der Waals surface area contributed by atoms with Gasteiger partial charge in [-0.3, -0.25) is 0 Å². The zero-order valence-corrected chi connectivity index (χ0v) is 17.1. The standard InChI is InChI=1S/C20H32O3Si/c1-15(2)24(16(3)4,17(5)6)23-19-13-11-18(12-14-19)9-8-10-20(21)22-7/h8,10-17H,9H2,1-7H3. The number of carbonyl (C=O) groups is 1. The number of hydrogen-bond acceptors (Lipinski definition) is 3. The van der Waals surface area contributed by atoms with Crippen LogP contribution < -0.4 is 4.43 Å². The summed E-state index contributed by atoms with van der Waals surface area (Å²) in [5, 5.41) is 0. The molecule has 134 valence electrons. The molecule has 4 heteroatoms. The number of benzene rings is 1. The smallest absolute Gasteiger partial charge is 0.330 e. The van der Waals surface area contributed by atoms with E-state index in [9.17, 15) is 4.79 Å². The summed E-state index contributed by atoms with van der Waals surface area (Å²) in [6.07, 6.45) is 3.98. The van der Waals surface area contributed by atoms with Crippen LogP contribution in [-0.2, 0) is 16.0 Å². The van der Waals surface area contributed by atoms with E-state index < -0.39 is 8.32 Å². The van der Waals surface area contributed by atoms with E-state index in [1.165, 1.54) is 13.2 Å². The molecule has 0 bridgehead atoms. The molecule has 0 spiro atoms. The molecule has 0 heterocycles. The quantitative estimate of drug-likeness (QED) is 0.353. The van der Waals surface area contributed by atoms with Gasteiger partial charge in [-0.15, -0.1) is 0 Å². The maximum Gasteiger partial charge on any atom is 0.330 e. The molecule has 1 aromatic rings. The van der Waals surface area contributed by atoms with Gasteiger partial charge in [0.1, 0.15) is 5.75 Å². The molecule has 0 aliphatic heterocycles. The molecule has 0 saturated carbocycles. The Kier molecular flexibility index (Phi) is 7.74.